The molecule has 1 saturated carbocycles. The summed E-state index contributed by atoms with van der Waals surface area (Å²) in [6, 6.07) is 7.00. The van der Waals surface area contributed by atoms with Crippen molar-refractivity contribution in [3.8, 4) is 5.75 Å². The Bertz CT molecular complexity index is 478. The zero-order valence-corrected chi connectivity index (χ0v) is 10.9. The van der Waals surface area contributed by atoms with Crippen LogP contribution in [0.15, 0.2) is 29.4 Å². The molecule has 3 N–H and O–H groups in total. The summed E-state index contributed by atoms with van der Waals surface area (Å²) < 4.78 is 5.60. The molecule has 0 radical (unpaired) electrons. The fraction of sp³-hybridized carbons (Fsp3) is 0.429. The van der Waals surface area contributed by atoms with Crippen molar-refractivity contribution in [2.24, 2.45) is 16.8 Å². The normalized spacial score (nSPS) is 17.0. The molecule has 1 aromatic rings. The van der Waals surface area contributed by atoms with Gasteiger partial charge in [0.25, 0.3) is 0 Å². The smallest absolute Gasteiger partial charge is 0.180 e. The Labute approximate surface area is 112 Å². The van der Waals surface area contributed by atoms with Crippen LogP contribution in [0.25, 0.3) is 0 Å². The molecule has 1 aliphatic rings. The predicted molar refractivity (Wildman–Crippen MR) is 71.6 cm³/mol. The number of carbonyl (C=O) groups is 1. The lowest BCUT2D eigenvalue weighted by Crippen LogP contribution is -2.33. The maximum absolute atomic E-state index is 11.8. The number of rotatable bonds is 6. The van der Waals surface area contributed by atoms with E-state index in [9.17, 15) is 4.79 Å². The Hall–Kier alpha value is -2.04. The molecule has 1 unspecified atom stereocenters. The van der Waals surface area contributed by atoms with Gasteiger partial charge in [0, 0.05) is 11.5 Å². The van der Waals surface area contributed by atoms with Crippen LogP contribution in [0.5, 0.6) is 5.75 Å². The molecule has 19 heavy (non-hydrogen) atoms. The molecule has 1 aliphatic carbocycles. The van der Waals surface area contributed by atoms with E-state index >= 15 is 0 Å². The van der Waals surface area contributed by atoms with Gasteiger partial charge in [0.05, 0.1) is 0 Å². The highest BCUT2D eigenvalue weighted by Gasteiger charge is 2.30. The third-order valence-electron chi connectivity index (χ3n) is 3.18. The van der Waals surface area contributed by atoms with Gasteiger partial charge in [-0.3, -0.25) is 4.79 Å². The topological polar surface area (TPSA) is 84.9 Å². The number of ether oxygens (including phenoxy) is 1. The molecule has 5 nitrogen and oxygen atoms in total. The van der Waals surface area contributed by atoms with Gasteiger partial charge in [0.2, 0.25) is 0 Å². The van der Waals surface area contributed by atoms with E-state index in [1.54, 1.807) is 24.3 Å². The van der Waals surface area contributed by atoms with Crippen LogP contribution in [-0.4, -0.2) is 22.9 Å². The number of nitrogens with zero attached hydrogens (tertiary/aromatic N) is 1. The minimum Gasteiger partial charge on any atom is -0.482 e. The highest BCUT2D eigenvalue weighted by atomic mass is 16.5. The highest BCUT2D eigenvalue weighted by Crippen LogP contribution is 2.32. The fourth-order valence-corrected chi connectivity index (χ4v) is 1.86. The summed E-state index contributed by atoms with van der Waals surface area (Å²) in [5, 5.41) is 11.6. The van der Waals surface area contributed by atoms with Crippen molar-refractivity contribution in [1.82, 2.24) is 0 Å². The SMILES string of the molecule is CCC(Oc1ccc(C(=O)C2CC2)cc1)/C(N)=N/O. The zero-order chi connectivity index (χ0) is 13.8. The Morgan fingerprint density at radius 3 is 2.58 bits per heavy atom. The first-order valence-corrected chi connectivity index (χ1v) is 6.44. The van der Waals surface area contributed by atoms with E-state index < -0.39 is 6.10 Å². The largest absolute Gasteiger partial charge is 0.482 e. The van der Waals surface area contributed by atoms with E-state index in [1.807, 2.05) is 6.92 Å². The van der Waals surface area contributed by atoms with Gasteiger partial charge in [-0.15, -0.1) is 0 Å². The van der Waals surface area contributed by atoms with Crippen LogP contribution >= 0.6 is 0 Å². The van der Waals surface area contributed by atoms with E-state index in [1.165, 1.54) is 0 Å². The van der Waals surface area contributed by atoms with Crippen LogP contribution in [0, 0.1) is 5.92 Å². The number of hydrogen-bond acceptors (Lipinski definition) is 4. The summed E-state index contributed by atoms with van der Waals surface area (Å²) in [4.78, 5) is 11.8. The molecule has 1 fully saturated rings. The lowest BCUT2D eigenvalue weighted by molar-refractivity contribution is 0.0967. The molecular formula is C14H18N2O3. The Morgan fingerprint density at radius 1 is 1.47 bits per heavy atom. The maximum atomic E-state index is 11.8. The van der Waals surface area contributed by atoms with E-state index in [-0.39, 0.29) is 17.5 Å². The minimum atomic E-state index is -0.463. The highest BCUT2D eigenvalue weighted by molar-refractivity contribution is 5.99. The summed E-state index contributed by atoms with van der Waals surface area (Å²) in [6.07, 6.45) is 2.13. The van der Waals surface area contributed by atoms with Crippen LogP contribution in [0.4, 0.5) is 0 Å². The Kier molecular flexibility index (Phi) is 4.04. The van der Waals surface area contributed by atoms with Crippen molar-refractivity contribution in [2.45, 2.75) is 32.3 Å². The third-order valence-corrected chi connectivity index (χ3v) is 3.18. The average molecular weight is 262 g/mol. The number of Topliss-reactive ketones (excluding diaryl/α,β-unsaturated/α-hetero) is 1. The van der Waals surface area contributed by atoms with Gasteiger partial charge in [0.1, 0.15) is 5.75 Å². The molecule has 0 bridgehead atoms. The monoisotopic (exact) mass is 262 g/mol. The van der Waals surface area contributed by atoms with Gasteiger partial charge in [-0.2, -0.15) is 0 Å². The summed E-state index contributed by atoms with van der Waals surface area (Å²) in [7, 11) is 0. The summed E-state index contributed by atoms with van der Waals surface area (Å²) in [6.45, 7) is 1.88. The number of hydrogen-bond donors (Lipinski definition) is 2. The predicted octanol–water partition coefficient (Wildman–Crippen LogP) is 2.18. The van der Waals surface area contributed by atoms with Crippen molar-refractivity contribution in [3.05, 3.63) is 29.8 Å². The zero-order valence-electron chi connectivity index (χ0n) is 10.9. The van der Waals surface area contributed by atoms with Gasteiger partial charge in [-0.1, -0.05) is 12.1 Å². The summed E-state index contributed by atoms with van der Waals surface area (Å²) in [5.41, 5.74) is 6.24. The molecule has 102 valence electrons. The van der Waals surface area contributed by atoms with E-state index in [0.717, 1.165) is 12.8 Å². The molecule has 0 saturated heterocycles. The number of benzene rings is 1. The molecule has 0 amide bonds. The van der Waals surface area contributed by atoms with Crippen molar-refractivity contribution < 1.29 is 14.7 Å². The third kappa shape index (κ3) is 3.24. The number of ketones is 1. The molecule has 0 heterocycles. The Balaban J connectivity index is 2.03. The van der Waals surface area contributed by atoms with Gasteiger partial charge < -0.3 is 15.7 Å². The lowest BCUT2D eigenvalue weighted by atomic mass is 10.1. The van der Waals surface area contributed by atoms with Crippen LogP contribution < -0.4 is 10.5 Å². The van der Waals surface area contributed by atoms with Gasteiger partial charge >= 0.3 is 0 Å². The average Bonchev–Trinajstić information content (AvgIpc) is 3.28. The number of carbonyl (C=O) groups excluding carboxylic acids is 1. The maximum Gasteiger partial charge on any atom is 0.180 e. The fourth-order valence-electron chi connectivity index (χ4n) is 1.86. The van der Waals surface area contributed by atoms with Crippen LogP contribution in [0.1, 0.15) is 36.5 Å². The standard InChI is InChI=1S/C14H18N2O3/c1-2-12(14(15)16-18)19-11-7-5-10(6-8-11)13(17)9-3-4-9/h5-9,12,18H,2-4H2,1H3,(H2,15,16). The lowest BCUT2D eigenvalue weighted by Gasteiger charge is -2.16. The first-order valence-electron chi connectivity index (χ1n) is 6.44. The molecule has 2 rings (SSSR count). The van der Waals surface area contributed by atoms with E-state index in [4.69, 9.17) is 15.7 Å². The Morgan fingerprint density at radius 2 is 2.11 bits per heavy atom. The van der Waals surface area contributed by atoms with Crippen molar-refractivity contribution in [3.63, 3.8) is 0 Å². The second kappa shape index (κ2) is 5.73. The molecule has 5 heteroatoms. The first-order chi connectivity index (χ1) is 9.15. The van der Waals surface area contributed by atoms with Crippen molar-refractivity contribution in [2.75, 3.05) is 0 Å². The second-order valence-corrected chi connectivity index (χ2v) is 4.70. The first kappa shape index (κ1) is 13.4. The molecule has 1 aromatic carbocycles. The van der Waals surface area contributed by atoms with E-state index in [0.29, 0.717) is 17.7 Å². The number of amidine groups is 1. The van der Waals surface area contributed by atoms with Crippen LogP contribution in [0.3, 0.4) is 0 Å². The summed E-state index contributed by atoms with van der Waals surface area (Å²) in [5.74, 6) is 1.06. The summed E-state index contributed by atoms with van der Waals surface area (Å²) >= 11 is 0. The van der Waals surface area contributed by atoms with Gasteiger partial charge in [0.15, 0.2) is 17.7 Å². The van der Waals surface area contributed by atoms with Crippen molar-refractivity contribution in [1.29, 1.82) is 0 Å². The molecule has 0 aliphatic heterocycles. The number of oxime groups is 1. The van der Waals surface area contributed by atoms with Gasteiger partial charge in [-0.05, 0) is 43.5 Å². The molecule has 0 spiro atoms. The van der Waals surface area contributed by atoms with Crippen LogP contribution in [0.2, 0.25) is 0 Å². The second-order valence-electron chi connectivity index (χ2n) is 4.70. The van der Waals surface area contributed by atoms with Crippen LogP contribution in [-0.2, 0) is 0 Å². The van der Waals surface area contributed by atoms with Gasteiger partial charge in [-0.25, -0.2) is 0 Å². The molecule has 0 aromatic heterocycles. The number of nitrogens with two attached hydrogens (primary N) is 1. The molecule has 1 atom stereocenters. The van der Waals surface area contributed by atoms with E-state index in [2.05, 4.69) is 5.16 Å². The minimum absolute atomic E-state index is 0.0423. The quantitative estimate of drug-likeness (QED) is 0.270. The van der Waals surface area contributed by atoms with Crippen molar-refractivity contribution >= 4 is 11.6 Å². The molecular weight excluding hydrogens is 244 g/mol.